The van der Waals surface area contributed by atoms with Crippen LogP contribution in [0, 0.1) is 0 Å². The molecule has 0 aromatic heterocycles. The average Bonchev–Trinajstić information content (AvgIpc) is 2.69. The van der Waals surface area contributed by atoms with Crippen molar-refractivity contribution in [2.75, 3.05) is 13.2 Å². The molecule has 28 heavy (non-hydrogen) atoms. The van der Waals surface area contributed by atoms with E-state index in [1.165, 1.54) is 4.90 Å². The van der Waals surface area contributed by atoms with Crippen LogP contribution in [-0.4, -0.2) is 35.9 Å². The number of hydrogen-bond donors (Lipinski definition) is 1. The lowest BCUT2D eigenvalue weighted by atomic mass is 10.1. The molecule has 1 atom stereocenters. The number of amides is 2. The largest absolute Gasteiger partial charge is 0.484 e. The summed E-state index contributed by atoms with van der Waals surface area (Å²) >= 11 is 9.35. The highest BCUT2D eigenvalue weighted by Gasteiger charge is 2.26. The molecule has 2 rings (SSSR count). The van der Waals surface area contributed by atoms with Crippen LogP contribution in [0.25, 0.3) is 0 Å². The Bertz CT molecular complexity index is 798. The van der Waals surface area contributed by atoms with Crippen LogP contribution in [0.3, 0.4) is 0 Å². The van der Waals surface area contributed by atoms with Crippen LogP contribution in [0.15, 0.2) is 53.0 Å². The molecule has 7 heteroatoms. The molecule has 0 aliphatic heterocycles. The van der Waals surface area contributed by atoms with Gasteiger partial charge in [-0.1, -0.05) is 52.7 Å². The molecule has 0 unspecified atom stereocenters. The fraction of sp³-hybridized carbons (Fsp3) is 0.333. The number of carbonyl (C=O) groups is 2. The summed E-state index contributed by atoms with van der Waals surface area (Å²) in [7, 11) is 0. The zero-order chi connectivity index (χ0) is 20.5. The summed E-state index contributed by atoms with van der Waals surface area (Å²) in [4.78, 5) is 26.8. The Morgan fingerprint density at radius 2 is 1.93 bits per heavy atom. The van der Waals surface area contributed by atoms with Crippen molar-refractivity contribution in [1.29, 1.82) is 0 Å². The van der Waals surface area contributed by atoms with Crippen LogP contribution in [-0.2, 0) is 16.1 Å². The number of hydrogen-bond acceptors (Lipinski definition) is 3. The third-order valence-corrected chi connectivity index (χ3v) is 4.90. The summed E-state index contributed by atoms with van der Waals surface area (Å²) in [6.45, 7) is 4.41. The highest BCUT2D eigenvalue weighted by atomic mass is 79.9. The van der Waals surface area contributed by atoms with Gasteiger partial charge in [0, 0.05) is 22.6 Å². The van der Waals surface area contributed by atoms with E-state index in [1.54, 1.807) is 31.2 Å². The first kappa shape index (κ1) is 22.2. The van der Waals surface area contributed by atoms with E-state index in [9.17, 15) is 9.59 Å². The van der Waals surface area contributed by atoms with E-state index in [1.807, 2.05) is 31.2 Å². The summed E-state index contributed by atoms with van der Waals surface area (Å²) in [6.07, 6.45) is 0.830. The molecule has 0 fully saturated rings. The summed E-state index contributed by atoms with van der Waals surface area (Å²) in [5, 5.41) is 3.38. The van der Waals surface area contributed by atoms with Gasteiger partial charge in [0.1, 0.15) is 11.8 Å². The molecule has 0 aliphatic rings. The first-order chi connectivity index (χ1) is 13.4. The van der Waals surface area contributed by atoms with E-state index in [2.05, 4.69) is 21.2 Å². The smallest absolute Gasteiger partial charge is 0.261 e. The van der Waals surface area contributed by atoms with Crippen LogP contribution < -0.4 is 10.1 Å². The number of nitrogens with one attached hydrogen (secondary N) is 1. The second-order valence-corrected chi connectivity index (χ2v) is 7.71. The lowest BCUT2D eigenvalue weighted by molar-refractivity contribution is -0.142. The monoisotopic (exact) mass is 466 g/mol. The molecule has 150 valence electrons. The molecule has 2 amide bonds. The van der Waals surface area contributed by atoms with E-state index in [0.717, 1.165) is 16.5 Å². The van der Waals surface area contributed by atoms with Crippen LogP contribution >= 0.6 is 27.5 Å². The van der Waals surface area contributed by atoms with E-state index >= 15 is 0 Å². The molecule has 0 spiro atoms. The third kappa shape index (κ3) is 6.84. The first-order valence-electron chi connectivity index (χ1n) is 9.10. The molecule has 2 aromatic rings. The van der Waals surface area contributed by atoms with Crippen molar-refractivity contribution in [3.63, 3.8) is 0 Å². The zero-order valence-electron chi connectivity index (χ0n) is 16.0. The van der Waals surface area contributed by atoms with Gasteiger partial charge in [0.2, 0.25) is 5.91 Å². The van der Waals surface area contributed by atoms with E-state index in [-0.39, 0.29) is 18.4 Å². The van der Waals surface area contributed by atoms with Crippen molar-refractivity contribution in [3.8, 4) is 5.75 Å². The maximum atomic E-state index is 12.9. The Hall–Kier alpha value is -2.05. The van der Waals surface area contributed by atoms with E-state index in [0.29, 0.717) is 23.9 Å². The molecular weight excluding hydrogens is 444 g/mol. The normalized spacial score (nSPS) is 11.6. The molecular formula is C21H24BrClN2O3. The molecule has 2 aromatic carbocycles. The predicted molar refractivity (Wildman–Crippen MR) is 114 cm³/mol. The maximum Gasteiger partial charge on any atom is 0.261 e. The number of halogens is 2. The van der Waals surface area contributed by atoms with Crippen LogP contribution in [0.5, 0.6) is 5.75 Å². The van der Waals surface area contributed by atoms with Crippen molar-refractivity contribution in [3.05, 3.63) is 63.6 Å². The average molecular weight is 468 g/mol. The molecule has 5 nitrogen and oxygen atoms in total. The number of nitrogens with zero attached hydrogens (tertiary/aromatic N) is 1. The molecule has 0 saturated carbocycles. The minimum Gasteiger partial charge on any atom is -0.484 e. The number of benzene rings is 2. The quantitative estimate of drug-likeness (QED) is 0.594. The van der Waals surface area contributed by atoms with Gasteiger partial charge in [-0.05, 0) is 49.2 Å². The second-order valence-electron chi connectivity index (χ2n) is 6.36. The molecule has 0 aliphatic carbocycles. The van der Waals surface area contributed by atoms with Crippen molar-refractivity contribution >= 4 is 39.3 Å². The Morgan fingerprint density at radius 1 is 1.21 bits per heavy atom. The van der Waals surface area contributed by atoms with E-state index < -0.39 is 6.04 Å². The SMILES string of the molecule is CCCNC(=O)[C@H](C)N(Cc1ccc(Br)cc1)C(=O)COc1cccc(Cl)c1. The van der Waals surface area contributed by atoms with Gasteiger partial charge in [-0.3, -0.25) is 9.59 Å². The Kier molecular flexibility index (Phi) is 8.80. The van der Waals surface area contributed by atoms with Crippen LogP contribution in [0.1, 0.15) is 25.8 Å². The fourth-order valence-corrected chi connectivity index (χ4v) is 2.99. The van der Waals surface area contributed by atoms with E-state index in [4.69, 9.17) is 16.3 Å². The van der Waals surface area contributed by atoms with Crippen molar-refractivity contribution in [2.45, 2.75) is 32.9 Å². The minimum atomic E-state index is -0.620. The second kappa shape index (κ2) is 11.1. The lowest BCUT2D eigenvalue weighted by Gasteiger charge is -2.28. The molecule has 0 saturated heterocycles. The highest BCUT2D eigenvalue weighted by molar-refractivity contribution is 9.10. The van der Waals surface area contributed by atoms with Gasteiger partial charge in [0.15, 0.2) is 6.61 Å². The van der Waals surface area contributed by atoms with Gasteiger partial charge in [-0.2, -0.15) is 0 Å². The minimum absolute atomic E-state index is 0.178. The van der Waals surface area contributed by atoms with Gasteiger partial charge in [-0.15, -0.1) is 0 Å². The van der Waals surface area contributed by atoms with Gasteiger partial charge in [-0.25, -0.2) is 0 Å². The van der Waals surface area contributed by atoms with Crippen LogP contribution in [0.4, 0.5) is 0 Å². The Labute approximate surface area is 179 Å². The highest BCUT2D eigenvalue weighted by Crippen LogP contribution is 2.18. The molecule has 1 N–H and O–H groups in total. The topological polar surface area (TPSA) is 58.6 Å². The molecule has 0 bridgehead atoms. The Morgan fingerprint density at radius 3 is 2.57 bits per heavy atom. The van der Waals surface area contributed by atoms with Gasteiger partial charge in [0.05, 0.1) is 0 Å². The van der Waals surface area contributed by atoms with Gasteiger partial charge >= 0.3 is 0 Å². The molecule has 0 heterocycles. The standard InChI is InChI=1S/C21H24BrClN2O3/c1-3-11-24-21(27)15(2)25(13-16-7-9-17(22)10-8-16)20(26)14-28-19-6-4-5-18(23)12-19/h4-10,12,15H,3,11,13-14H2,1-2H3,(H,24,27)/t15-/m0/s1. The third-order valence-electron chi connectivity index (χ3n) is 4.14. The van der Waals surface area contributed by atoms with Gasteiger partial charge in [0.25, 0.3) is 5.91 Å². The van der Waals surface area contributed by atoms with Crippen molar-refractivity contribution in [1.82, 2.24) is 10.2 Å². The summed E-state index contributed by atoms with van der Waals surface area (Å²) < 4.78 is 6.53. The lowest BCUT2D eigenvalue weighted by Crippen LogP contribution is -2.49. The molecule has 0 radical (unpaired) electrons. The maximum absolute atomic E-state index is 12.9. The number of rotatable bonds is 9. The Balaban J connectivity index is 2.11. The fourth-order valence-electron chi connectivity index (χ4n) is 2.55. The van der Waals surface area contributed by atoms with Crippen molar-refractivity contribution < 1.29 is 14.3 Å². The summed E-state index contributed by atoms with van der Waals surface area (Å²) in [6, 6.07) is 13.9. The van der Waals surface area contributed by atoms with Gasteiger partial charge < -0.3 is 15.0 Å². The van der Waals surface area contributed by atoms with Crippen LogP contribution in [0.2, 0.25) is 5.02 Å². The van der Waals surface area contributed by atoms with Crippen molar-refractivity contribution in [2.24, 2.45) is 0 Å². The first-order valence-corrected chi connectivity index (χ1v) is 10.3. The number of ether oxygens (including phenoxy) is 1. The predicted octanol–water partition coefficient (Wildman–Crippen LogP) is 4.42. The summed E-state index contributed by atoms with van der Waals surface area (Å²) in [5.74, 6) is 0.0460. The number of carbonyl (C=O) groups excluding carboxylic acids is 2. The zero-order valence-corrected chi connectivity index (χ0v) is 18.3. The summed E-state index contributed by atoms with van der Waals surface area (Å²) in [5.41, 5.74) is 0.925.